The van der Waals surface area contributed by atoms with Crippen LogP contribution in [-0.4, -0.2) is 29.3 Å². The van der Waals surface area contributed by atoms with Crippen molar-refractivity contribution < 1.29 is 19.4 Å². The number of hydrogen-bond acceptors (Lipinski definition) is 5. The number of aliphatic hydroxyl groups is 1. The van der Waals surface area contributed by atoms with Gasteiger partial charge >= 0.3 is 5.97 Å². The van der Waals surface area contributed by atoms with Crippen molar-refractivity contribution in [2.45, 2.75) is 13.5 Å². The molecule has 1 aromatic heterocycles. The van der Waals surface area contributed by atoms with Crippen LogP contribution in [-0.2, 0) is 11.3 Å². The number of aliphatic hydroxyl groups excluding tert-OH is 1. The molecule has 0 spiro atoms. The third-order valence-electron chi connectivity index (χ3n) is 3.94. The molecule has 3 aromatic rings. The van der Waals surface area contributed by atoms with E-state index in [1.165, 1.54) is 0 Å². The third-order valence-corrected chi connectivity index (χ3v) is 3.94. The number of carbonyl (C=O) groups excluding carboxylic acids is 1. The third kappa shape index (κ3) is 4.37. The summed E-state index contributed by atoms with van der Waals surface area (Å²) in [6, 6.07) is 18.5. The van der Waals surface area contributed by atoms with Crippen LogP contribution in [0.1, 0.15) is 23.0 Å². The maximum absolute atomic E-state index is 12.4. The molecule has 1 N–H and O–H groups in total. The molecule has 0 saturated carbocycles. The zero-order valence-electron chi connectivity index (χ0n) is 14.6. The van der Waals surface area contributed by atoms with E-state index >= 15 is 0 Å². The van der Waals surface area contributed by atoms with Gasteiger partial charge in [-0.1, -0.05) is 49.4 Å². The molecule has 0 amide bonds. The van der Waals surface area contributed by atoms with E-state index in [1.807, 2.05) is 61.5 Å². The van der Waals surface area contributed by atoms with Gasteiger partial charge in [0.1, 0.15) is 12.4 Å². The summed E-state index contributed by atoms with van der Waals surface area (Å²) in [5.41, 5.74) is 1.77. The summed E-state index contributed by atoms with van der Waals surface area (Å²) in [5.74, 6) is 0.0534. The maximum Gasteiger partial charge on any atom is 0.357 e. The molecule has 26 heavy (non-hydrogen) atoms. The SMILES string of the molecule is CC(CO)COc1cc(C(=O)OCc2ccccc2)nc2ccccc12. The van der Waals surface area contributed by atoms with E-state index in [-0.39, 0.29) is 24.8 Å². The van der Waals surface area contributed by atoms with Crippen LogP contribution >= 0.6 is 0 Å². The minimum Gasteiger partial charge on any atom is -0.492 e. The molecule has 1 atom stereocenters. The average molecular weight is 351 g/mol. The van der Waals surface area contributed by atoms with Crippen LogP contribution in [0.2, 0.25) is 0 Å². The molecule has 3 rings (SSSR count). The fraction of sp³-hybridized carbons (Fsp3) is 0.238. The number of aromatic nitrogens is 1. The highest BCUT2D eigenvalue weighted by molar-refractivity contribution is 5.94. The largest absolute Gasteiger partial charge is 0.492 e. The lowest BCUT2D eigenvalue weighted by molar-refractivity contribution is 0.0465. The van der Waals surface area contributed by atoms with Crippen LogP contribution in [0.5, 0.6) is 5.75 Å². The molecule has 0 aliphatic carbocycles. The Morgan fingerprint density at radius 3 is 2.62 bits per heavy atom. The molecule has 2 aromatic carbocycles. The Balaban J connectivity index is 1.82. The van der Waals surface area contributed by atoms with Crippen LogP contribution in [0.3, 0.4) is 0 Å². The summed E-state index contributed by atoms with van der Waals surface area (Å²) in [4.78, 5) is 16.8. The first kappa shape index (κ1) is 17.9. The monoisotopic (exact) mass is 351 g/mol. The van der Waals surface area contributed by atoms with Crippen LogP contribution in [0.25, 0.3) is 10.9 Å². The van der Waals surface area contributed by atoms with Crippen molar-refractivity contribution in [2.24, 2.45) is 5.92 Å². The molecule has 5 nitrogen and oxygen atoms in total. The number of benzene rings is 2. The van der Waals surface area contributed by atoms with Gasteiger partial charge in [0.2, 0.25) is 0 Å². The molecule has 1 heterocycles. The fourth-order valence-electron chi connectivity index (χ4n) is 2.45. The van der Waals surface area contributed by atoms with Crippen molar-refractivity contribution >= 4 is 16.9 Å². The smallest absolute Gasteiger partial charge is 0.357 e. The van der Waals surface area contributed by atoms with Crippen molar-refractivity contribution in [3.05, 3.63) is 71.9 Å². The highest BCUT2D eigenvalue weighted by Gasteiger charge is 2.15. The molecule has 5 heteroatoms. The minimum atomic E-state index is -0.500. The summed E-state index contributed by atoms with van der Waals surface area (Å²) in [6.07, 6.45) is 0. The molecule has 134 valence electrons. The quantitative estimate of drug-likeness (QED) is 0.659. The summed E-state index contributed by atoms with van der Waals surface area (Å²) < 4.78 is 11.2. The first-order valence-electron chi connectivity index (χ1n) is 8.52. The molecular formula is C21H21NO4. The van der Waals surface area contributed by atoms with Gasteiger partial charge in [-0.15, -0.1) is 0 Å². The molecule has 0 saturated heterocycles. The number of rotatable bonds is 7. The van der Waals surface area contributed by atoms with Gasteiger partial charge < -0.3 is 14.6 Å². The fourth-order valence-corrected chi connectivity index (χ4v) is 2.45. The minimum absolute atomic E-state index is 0.00425. The van der Waals surface area contributed by atoms with Gasteiger partial charge in [0.05, 0.1) is 12.1 Å². The number of ether oxygens (including phenoxy) is 2. The van der Waals surface area contributed by atoms with Gasteiger partial charge in [-0.05, 0) is 17.7 Å². The Bertz CT molecular complexity index is 880. The van der Waals surface area contributed by atoms with Crippen LogP contribution in [0, 0.1) is 5.92 Å². The summed E-state index contributed by atoms with van der Waals surface area (Å²) in [6.45, 7) is 2.46. The second-order valence-corrected chi connectivity index (χ2v) is 6.18. The molecule has 0 bridgehead atoms. The lowest BCUT2D eigenvalue weighted by Crippen LogP contribution is -2.13. The van der Waals surface area contributed by atoms with Gasteiger partial charge in [-0.3, -0.25) is 0 Å². The lowest BCUT2D eigenvalue weighted by Gasteiger charge is -2.13. The van der Waals surface area contributed by atoms with Gasteiger partial charge in [0.15, 0.2) is 5.69 Å². The summed E-state index contributed by atoms with van der Waals surface area (Å²) in [5, 5.41) is 10.00. The molecule has 0 fully saturated rings. The summed E-state index contributed by atoms with van der Waals surface area (Å²) in [7, 11) is 0. The van der Waals surface area contributed by atoms with E-state index in [4.69, 9.17) is 9.47 Å². The van der Waals surface area contributed by atoms with E-state index in [1.54, 1.807) is 6.07 Å². The number of para-hydroxylation sites is 1. The van der Waals surface area contributed by atoms with Crippen molar-refractivity contribution in [3.63, 3.8) is 0 Å². The number of fused-ring (bicyclic) bond motifs is 1. The van der Waals surface area contributed by atoms with Crippen LogP contribution in [0.15, 0.2) is 60.7 Å². The zero-order valence-corrected chi connectivity index (χ0v) is 14.6. The number of hydrogen-bond donors (Lipinski definition) is 1. The topological polar surface area (TPSA) is 68.7 Å². The predicted octanol–water partition coefficient (Wildman–Crippen LogP) is 3.60. The highest BCUT2D eigenvalue weighted by atomic mass is 16.5. The van der Waals surface area contributed by atoms with Gasteiger partial charge in [-0.2, -0.15) is 0 Å². The van der Waals surface area contributed by atoms with Gasteiger partial charge in [0.25, 0.3) is 0 Å². The van der Waals surface area contributed by atoms with Gasteiger partial charge in [0, 0.05) is 24.0 Å². The predicted molar refractivity (Wildman–Crippen MR) is 99.0 cm³/mol. The second-order valence-electron chi connectivity index (χ2n) is 6.18. The number of esters is 1. The van der Waals surface area contributed by atoms with E-state index in [2.05, 4.69) is 4.98 Å². The zero-order chi connectivity index (χ0) is 18.4. The Hall–Kier alpha value is -2.92. The molecule has 0 aliphatic heterocycles. The van der Waals surface area contributed by atoms with Crippen molar-refractivity contribution in [2.75, 3.05) is 13.2 Å². The normalized spacial score (nSPS) is 11.9. The lowest BCUT2D eigenvalue weighted by atomic mass is 10.1. The molecule has 0 radical (unpaired) electrons. The number of nitrogens with zero attached hydrogens (tertiary/aromatic N) is 1. The first-order valence-corrected chi connectivity index (χ1v) is 8.52. The van der Waals surface area contributed by atoms with E-state index in [0.29, 0.717) is 17.9 Å². The average Bonchev–Trinajstić information content (AvgIpc) is 2.70. The molecular weight excluding hydrogens is 330 g/mol. The number of carbonyl (C=O) groups is 1. The molecule has 0 aliphatic rings. The van der Waals surface area contributed by atoms with Crippen molar-refractivity contribution in [3.8, 4) is 5.75 Å². The van der Waals surface area contributed by atoms with E-state index < -0.39 is 5.97 Å². The Morgan fingerprint density at radius 2 is 1.85 bits per heavy atom. The van der Waals surface area contributed by atoms with E-state index in [9.17, 15) is 9.90 Å². The van der Waals surface area contributed by atoms with Gasteiger partial charge in [-0.25, -0.2) is 9.78 Å². The van der Waals surface area contributed by atoms with E-state index in [0.717, 1.165) is 10.9 Å². The van der Waals surface area contributed by atoms with Crippen LogP contribution in [0.4, 0.5) is 0 Å². The standard InChI is InChI=1S/C21H21NO4/c1-15(12-23)13-25-20-11-19(22-18-10-6-5-9-17(18)20)21(24)26-14-16-7-3-2-4-8-16/h2-11,15,23H,12-14H2,1H3. The Labute approximate surface area is 152 Å². The Kier molecular flexibility index (Phi) is 5.81. The Morgan fingerprint density at radius 1 is 1.12 bits per heavy atom. The second kappa shape index (κ2) is 8.45. The van der Waals surface area contributed by atoms with Crippen molar-refractivity contribution in [1.29, 1.82) is 0 Å². The van der Waals surface area contributed by atoms with Crippen LogP contribution < -0.4 is 4.74 Å². The first-order chi connectivity index (χ1) is 12.7. The molecule has 1 unspecified atom stereocenters. The maximum atomic E-state index is 12.4. The number of pyridine rings is 1. The summed E-state index contributed by atoms with van der Waals surface area (Å²) >= 11 is 0. The van der Waals surface area contributed by atoms with Crippen molar-refractivity contribution in [1.82, 2.24) is 4.98 Å². The highest BCUT2D eigenvalue weighted by Crippen LogP contribution is 2.26.